The topological polar surface area (TPSA) is 74.0 Å². The number of nitrogens with zero attached hydrogens (tertiary/aromatic N) is 1. The molecule has 0 spiro atoms. The standard InChI is InChI=1S/C9H15N3O/c1-12-6-8(11)5-7(9(12)13)3-2-4-10/h5-6H,2-4,10-11H2,1H3. The van der Waals surface area contributed by atoms with Gasteiger partial charge in [0, 0.05) is 24.5 Å². The molecule has 13 heavy (non-hydrogen) atoms. The largest absolute Gasteiger partial charge is 0.398 e. The van der Waals surface area contributed by atoms with E-state index in [4.69, 9.17) is 11.5 Å². The molecule has 1 rings (SSSR count). The van der Waals surface area contributed by atoms with Crippen molar-refractivity contribution in [1.29, 1.82) is 0 Å². The van der Waals surface area contributed by atoms with Crippen molar-refractivity contribution >= 4 is 5.69 Å². The molecule has 1 heterocycles. The zero-order chi connectivity index (χ0) is 9.84. The predicted octanol–water partition coefficient (Wildman–Crippen LogP) is -0.141. The highest BCUT2D eigenvalue weighted by Gasteiger charge is 2.01. The molecule has 0 aliphatic carbocycles. The van der Waals surface area contributed by atoms with Gasteiger partial charge < -0.3 is 16.0 Å². The molecule has 1 aromatic rings. The second-order valence-electron chi connectivity index (χ2n) is 3.11. The van der Waals surface area contributed by atoms with Crippen LogP contribution in [0.25, 0.3) is 0 Å². The van der Waals surface area contributed by atoms with Crippen LogP contribution >= 0.6 is 0 Å². The lowest BCUT2D eigenvalue weighted by Gasteiger charge is -2.04. The number of anilines is 1. The third-order valence-corrected chi connectivity index (χ3v) is 1.93. The second-order valence-corrected chi connectivity index (χ2v) is 3.11. The molecule has 0 saturated carbocycles. The summed E-state index contributed by atoms with van der Waals surface area (Å²) in [6.07, 6.45) is 3.14. The molecular weight excluding hydrogens is 166 g/mol. The maximum atomic E-state index is 11.5. The molecule has 0 bridgehead atoms. The predicted molar refractivity (Wildman–Crippen MR) is 53.5 cm³/mol. The number of hydrogen-bond acceptors (Lipinski definition) is 3. The maximum Gasteiger partial charge on any atom is 0.253 e. The molecule has 0 amide bonds. The van der Waals surface area contributed by atoms with Gasteiger partial charge in [-0.3, -0.25) is 4.79 Å². The Bertz CT molecular complexity index is 343. The van der Waals surface area contributed by atoms with Gasteiger partial charge in [0.15, 0.2) is 0 Å². The number of pyridine rings is 1. The Hall–Kier alpha value is -1.29. The Kier molecular flexibility index (Phi) is 3.08. The molecular formula is C9H15N3O. The van der Waals surface area contributed by atoms with Crippen LogP contribution in [0.3, 0.4) is 0 Å². The van der Waals surface area contributed by atoms with Crippen LogP contribution in [0.15, 0.2) is 17.1 Å². The Morgan fingerprint density at radius 2 is 2.23 bits per heavy atom. The van der Waals surface area contributed by atoms with Crippen LogP contribution in [0.1, 0.15) is 12.0 Å². The summed E-state index contributed by atoms with van der Waals surface area (Å²) in [5.41, 5.74) is 12.4. The first-order chi connectivity index (χ1) is 6.15. The zero-order valence-electron chi connectivity index (χ0n) is 7.79. The fraction of sp³-hybridized carbons (Fsp3) is 0.444. The first-order valence-electron chi connectivity index (χ1n) is 4.30. The van der Waals surface area contributed by atoms with Crippen LogP contribution in [-0.2, 0) is 13.5 Å². The molecule has 0 aliphatic rings. The van der Waals surface area contributed by atoms with Gasteiger partial charge in [-0.1, -0.05) is 0 Å². The molecule has 1 aromatic heterocycles. The van der Waals surface area contributed by atoms with E-state index in [0.29, 0.717) is 18.7 Å². The van der Waals surface area contributed by atoms with E-state index in [0.717, 1.165) is 12.0 Å². The molecule has 0 unspecified atom stereocenters. The Morgan fingerprint density at radius 1 is 1.54 bits per heavy atom. The third-order valence-electron chi connectivity index (χ3n) is 1.93. The fourth-order valence-electron chi connectivity index (χ4n) is 1.28. The molecule has 0 atom stereocenters. The molecule has 0 aromatic carbocycles. The monoisotopic (exact) mass is 181 g/mol. The highest BCUT2D eigenvalue weighted by atomic mass is 16.1. The normalized spacial score (nSPS) is 10.3. The molecule has 4 nitrogen and oxygen atoms in total. The fourth-order valence-corrected chi connectivity index (χ4v) is 1.28. The highest BCUT2D eigenvalue weighted by Crippen LogP contribution is 2.02. The number of nitrogen functional groups attached to an aromatic ring is 1. The smallest absolute Gasteiger partial charge is 0.253 e. The van der Waals surface area contributed by atoms with Gasteiger partial charge in [0.2, 0.25) is 0 Å². The Balaban J connectivity index is 2.99. The van der Waals surface area contributed by atoms with Gasteiger partial charge in [-0.05, 0) is 25.5 Å². The Morgan fingerprint density at radius 3 is 2.85 bits per heavy atom. The minimum Gasteiger partial charge on any atom is -0.398 e. The van der Waals surface area contributed by atoms with Crippen molar-refractivity contribution in [3.8, 4) is 0 Å². The summed E-state index contributed by atoms with van der Waals surface area (Å²) in [6, 6.07) is 1.72. The molecule has 0 saturated heterocycles. The summed E-state index contributed by atoms with van der Waals surface area (Å²) in [5, 5.41) is 0. The number of aromatic nitrogens is 1. The van der Waals surface area contributed by atoms with E-state index in [9.17, 15) is 4.79 Å². The van der Waals surface area contributed by atoms with Gasteiger partial charge in [0.05, 0.1) is 0 Å². The van der Waals surface area contributed by atoms with Crippen LogP contribution in [0.2, 0.25) is 0 Å². The SMILES string of the molecule is Cn1cc(N)cc(CCCN)c1=O. The summed E-state index contributed by atoms with van der Waals surface area (Å²) < 4.78 is 1.50. The van der Waals surface area contributed by atoms with E-state index in [1.165, 1.54) is 4.57 Å². The van der Waals surface area contributed by atoms with Crippen molar-refractivity contribution in [2.24, 2.45) is 12.8 Å². The van der Waals surface area contributed by atoms with Crippen molar-refractivity contribution in [2.75, 3.05) is 12.3 Å². The van der Waals surface area contributed by atoms with Gasteiger partial charge in [-0.25, -0.2) is 0 Å². The van der Waals surface area contributed by atoms with E-state index < -0.39 is 0 Å². The first kappa shape index (κ1) is 9.80. The van der Waals surface area contributed by atoms with Crippen molar-refractivity contribution in [1.82, 2.24) is 4.57 Å². The quantitative estimate of drug-likeness (QED) is 0.681. The summed E-state index contributed by atoms with van der Waals surface area (Å²) in [7, 11) is 1.70. The summed E-state index contributed by atoms with van der Waals surface area (Å²) in [6.45, 7) is 0.595. The van der Waals surface area contributed by atoms with Gasteiger partial charge >= 0.3 is 0 Å². The molecule has 4 N–H and O–H groups in total. The third kappa shape index (κ3) is 2.32. The van der Waals surface area contributed by atoms with Gasteiger partial charge in [-0.2, -0.15) is 0 Å². The second kappa shape index (κ2) is 4.09. The van der Waals surface area contributed by atoms with Crippen LogP contribution in [0.5, 0.6) is 0 Å². The van der Waals surface area contributed by atoms with Gasteiger partial charge in [-0.15, -0.1) is 0 Å². The molecule has 72 valence electrons. The summed E-state index contributed by atoms with van der Waals surface area (Å²) >= 11 is 0. The van der Waals surface area contributed by atoms with E-state index in [2.05, 4.69) is 0 Å². The minimum atomic E-state index is 0.0163. The van der Waals surface area contributed by atoms with Crippen molar-refractivity contribution in [3.63, 3.8) is 0 Å². The lowest BCUT2D eigenvalue weighted by Crippen LogP contribution is -2.21. The maximum absolute atomic E-state index is 11.5. The summed E-state index contributed by atoms with van der Waals surface area (Å²) in [4.78, 5) is 11.5. The van der Waals surface area contributed by atoms with Crippen LogP contribution < -0.4 is 17.0 Å². The lowest BCUT2D eigenvalue weighted by molar-refractivity contribution is 0.785. The van der Waals surface area contributed by atoms with E-state index in [1.54, 1.807) is 19.3 Å². The number of nitrogens with two attached hydrogens (primary N) is 2. The minimum absolute atomic E-state index is 0.0163. The molecule has 0 aliphatic heterocycles. The van der Waals surface area contributed by atoms with Gasteiger partial charge in [0.1, 0.15) is 0 Å². The molecule has 4 heteroatoms. The van der Waals surface area contributed by atoms with Crippen molar-refractivity contribution in [3.05, 3.63) is 28.2 Å². The first-order valence-corrected chi connectivity index (χ1v) is 4.30. The van der Waals surface area contributed by atoms with Gasteiger partial charge in [0.25, 0.3) is 5.56 Å². The van der Waals surface area contributed by atoms with Crippen LogP contribution in [0, 0.1) is 0 Å². The number of rotatable bonds is 3. The average Bonchev–Trinajstić information content (AvgIpc) is 2.09. The highest BCUT2D eigenvalue weighted by molar-refractivity contribution is 5.37. The molecule has 0 fully saturated rings. The Labute approximate surface area is 77.2 Å². The summed E-state index contributed by atoms with van der Waals surface area (Å²) in [5.74, 6) is 0. The number of hydrogen-bond donors (Lipinski definition) is 2. The van der Waals surface area contributed by atoms with Crippen LogP contribution in [-0.4, -0.2) is 11.1 Å². The van der Waals surface area contributed by atoms with E-state index in [-0.39, 0.29) is 5.56 Å². The average molecular weight is 181 g/mol. The van der Waals surface area contributed by atoms with E-state index in [1.807, 2.05) is 0 Å². The van der Waals surface area contributed by atoms with Crippen LogP contribution in [0.4, 0.5) is 5.69 Å². The molecule has 0 radical (unpaired) electrons. The zero-order valence-corrected chi connectivity index (χ0v) is 7.79. The van der Waals surface area contributed by atoms with Crippen molar-refractivity contribution < 1.29 is 0 Å². The lowest BCUT2D eigenvalue weighted by atomic mass is 10.1. The van der Waals surface area contributed by atoms with Crippen molar-refractivity contribution in [2.45, 2.75) is 12.8 Å². The number of aryl methyl sites for hydroxylation is 2. The van der Waals surface area contributed by atoms with E-state index >= 15 is 0 Å².